The van der Waals surface area contributed by atoms with Crippen molar-refractivity contribution in [3.05, 3.63) is 96.5 Å². The maximum Gasteiger partial charge on any atom is 0.155 e. The first-order chi connectivity index (χ1) is 17.1. The third-order valence-corrected chi connectivity index (χ3v) is 6.35. The number of rotatable bonds is 12. The van der Waals surface area contributed by atoms with Gasteiger partial charge >= 0.3 is 0 Å². The van der Waals surface area contributed by atoms with Gasteiger partial charge in [-0.25, -0.2) is 9.98 Å². The zero-order chi connectivity index (χ0) is 24.6. The number of imidazole rings is 1. The Morgan fingerprint density at radius 2 is 1.97 bits per heavy atom. The predicted molar refractivity (Wildman–Crippen MR) is 146 cm³/mol. The second kappa shape index (κ2) is 11.4. The number of anilines is 1. The van der Waals surface area contributed by atoms with Gasteiger partial charge < -0.3 is 25.4 Å². The maximum absolute atomic E-state index is 4.92. The summed E-state index contributed by atoms with van der Waals surface area (Å²) in [5.74, 6) is 1.56. The summed E-state index contributed by atoms with van der Waals surface area (Å²) < 4.78 is 0. The molecule has 0 atom stereocenters. The van der Waals surface area contributed by atoms with Gasteiger partial charge in [-0.2, -0.15) is 0 Å². The van der Waals surface area contributed by atoms with Crippen molar-refractivity contribution in [1.29, 1.82) is 0 Å². The number of nitrogens with one attached hydrogen (secondary N) is 3. The van der Waals surface area contributed by atoms with Crippen molar-refractivity contribution in [2.75, 3.05) is 31.6 Å². The molecule has 7 nitrogen and oxygen atoms in total. The zero-order valence-electron chi connectivity index (χ0n) is 20.6. The van der Waals surface area contributed by atoms with Crippen molar-refractivity contribution in [3.8, 4) is 0 Å². The number of hydrogen-bond donors (Lipinski definition) is 3. The fraction of sp³-hybridized carbons (Fsp3) is 0.286. The molecule has 7 heteroatoms. The molecule has 0 radical (unpaired) electrons. The Kier molecular flexibility index (Phi) is 7.88. The van der Waals surface area contributed by atoms with Crippen LogP contribution >= 0.6 is 0 Å². The highest BCUT2D eigenvalue weighted by molar-refractivity contribution is 5.79. The molecule has 35 heavy (non-hydrogen) atoms. The predicted octanol–water partition coefficient (Wildman–Crippen LogP) is 4.54. The molecular weight excluding hydrogens is 434 g/mol. The molecule has 3 N–H and O–H groups in total. The van der Waals surface area contributed by atoms with Gasteiger partial charge in [-0.3, -0.25) is 0 Å². The van der Waals surface area contributed by atoms with Crippen LogP contribution < -0.4 is 15.5 Å². The van der Waals surface area contributed by atoms with Gasteiger partial charge in [0, 0.05) is 45.3 Å². The Balaban J connectivity index is 1.61. The van der Waals surface area contributed by atoms with Crippen LogP contribution in [0.3, 0.4) is 0 Å². The van der Waals surface area contributed by atoms with Crippen LogP contribution in [-0.2, 0) is 13.0 Å². The highest BCUT2D eigenvalue weighted by Gasteiger charge is 2.19. The van der Waals surface area contributed by atoms with Gasteiger partial charge in [0.1, 0.15) is 11.5 Å². The standard InChI is InChI=1S/C28H35N7/c1-5-31-28(30-4)27(21(2)29-3)35(20-22-11-7-6-8-12-22)18-15-26-32-24-14-13-23(19-25(24)33-26)34-16-9-10-17-34/h5-8,11-14,19,29,31H,1-2,4,9-10,15-18,20H2,3H3,(H,32,33)/b28-27+. The number of aromatic nitrogens is 2. The Morgan fingerprint density at radius 3 is 2.66 bits per heavy atom. The van der Waals surface area contributed by atoms with Gasteiger partial charge in [0.05, 0.1) is 16.7 Å². The van der Waals surface area contributed by atoms with E-state index in [9.17, 15) is 0 Å². The molecule has 1 aliphatic heterocycles. The first-order valence-electron chi connectivity index (χ1n) is 12.1. The number of aromatic amines is 1. The average Bonchev–Trinajstić information content (AvgIpc) is 3.56. The number of nitrogens with zero attached hydrogens (tertiary/aromatic N) is 4. The van der Waals surface area contributed by atoms with Crippen molar-refractivity contribution >= 4 is 23.4 Å². The molecule has 0 amide bonds. The minimum Gasteiger partial charge on any atom is -0.387 e. The lowest BCUT2D eigenvalue weighted by atomic mass is 10.1. The van der Waals surface area contributed by atoms with Crippen molar-refractivity contribution in [1.82, 2.24) is 25.5 Å². The van der Waals surface area contributed by atoms with Crippen molar-refractivity contribution in [3.63, 3.8) is 0 Å². The summed E-state index contributed by atoms with van der Waals surface area (Å²) in [7, 11) is 1.86. The van der Waals surface area contributed by atoms with Crippen molar-refractivity contribution in [2.24, 2.45) is 4.99 Å². The fourth-order valence-electron chi connectivity index (χ4n) is 4.54. The van der Waals surface area contributed by atoms with E-state index in [1.807, 2.05) is 13.1 Å². The maximum atomic E-state index is 4.92. The minimum atomic E-state index is 0.607. The van der Waals surface area contributed by atoms with Crippen LogP contribution in [0, 0.1) is 0 Å². The fourth-order valence-corrected chi connectivity index (χ4v) is 4.54. The highest BCUT2D eigenvalue weighted by atomic mass is 15.2. The van der Waals surface area contributed by atoms with Crippen LogP contribution in [0.2, 0.25) is 0 Å². The summed E-state index contributed by atoms with van der Waals surface area (Å²) >= 11 is 0. The Bertz CT molecular complexity index is 1200. The SMILES string of the molecule is C=CN/C(N=C)=C(\C(=C)NC)N(CCc1nc2cc(N3CCCC3)ccc2[nH]1)Cc1ccccc1. The highest BCUT2D eigenvalue weighted by Crippen LogP contribution is 2.25. The second-order valence-corrected chi connectivity index (χ2v) is 8.67. The van der Waals surface area contributed by atoms with Gasteiger partial charge in [0.25, 0.3) is 0 Å². The topological polar surface area (TPSA) is 71.6 Å². The molecule has 1 aromatic heterocycles. The molecule has 1 fully saturated rings. The lowest BCUT2D eigenvalue weighted by Gasteiger charge is -2.30. The Labute approximate surface area is 208 Å². The van der Waals surface area contributed by atoms with Crippen LogP contribution in [0.5, 0.6) is 0 Å². The molecular formula is C28H35N7. The third-order valence-electron chi connectivity index (χ3n) is 6.35. The Hall–Kier alpha value is -4.00. The van der Waals surface area contributed by atoms with Gasteiger partial charge in [0.2, 0.25) is 0 Å². The first kappa shape index (κ1) is 24.1. The Morgan fingerprint density at radius 1 is 1.20 bits per heavy atom. The summed E-state index contributed by atoms with van der Waals surface area (Å²) in [6.07, 6.45) is 4.86. The van der Waals surface area contributed by atoms with Gasteiger partial charge in [-0.05, 0) is 49.5 Å². The van der Waals surface area contributed by atoms with E-state index in [2.05, 4.69) is 92.7 Å². The summed E-state index contributed by atoms with van der Waals surface area (Å²) in [5, 5.41) is 6.28. The van der Waals surface area contributed by atoms with E-state index >= 15 is 0 Å². The van der Waals surface area contributed by atoms with Crippen molar-refractivity contribution < 1.29 is 0 Å². The quantitative estimate of drug-likeness (QED) is 0.268. The normalized spacial score (nSPS) is 13.9. The molecule has 3 aromatic rings. The molecule has 0 bridgehead atoms. The molecule has 4 rings (SSSR count). The summed E-state index contributed by atoms with van der Waals surface area (Å²) in [6.45, 7) is 15.4. The monoisotopic (exact) mass is 469 g/mol. The second-order valence-electron chi connectivity index (χ2n) is 8.67. The van der Waals surface area contributed by atoms with Crippen LogP contribution in [0.15, 0.2) is 90.1 Å². The van der Waals surface area contributed by atoms with E-state index in [0.717, 1.165) is 47.8 Å². The van der Waals surface area contributed by atoms with Crippen LogP contribution in [0.1, 0.15) is 24.2 Å². The van der Waals surface area contributed by atoms with Gasteiger partial charge in [-0.15, -0.1) is 0 Å². The average molecular weight is 470 g/mol. The number of H-pyrrole nitrogens is 1. The number of fused-ring (bicyclic) bond motifs is 1. The van der Waals surface area contributed by atoms with E-state index in [1.54, 1.807) is 6.20 Å². The largest absolute Gasteiger partial charge is 0.387 e. The first-order valence-corrected chi connectivity index (χ1v) is 12.1. The lowest BCUT2D eigenvalue weighted by molar-refractivity contribution is 0.336. The molecule has 0 spiro atoms. The summed E-state index contributed by atoms with van der Waals surface area (Å²) in [4.78, 5) is 17.3. The van der Waals surface area contributed by atoms with Crippen LogP contribution in [0.25, 0.3) is 11.0 Å². The molecule has 1 saturated heterocycles. The smallest absolute Gasteiger partial charge is 0.155 e. The molecule has 2 aromatic carbocycles. The van der Waals surface area contributed by atoms with Crippen LogP contribution in [0.4, 0.5) is 5.69 Å². The minimum absolute atomic E-state index is 0.607. The van der Waals surface area contributed by atoms with E-state index < -0.39 is 0 Å². The zero-order valence-corrected chi connectivity index (χ0v) is 20.6. The van der Waals surface area contributed by atoms with Crippen LogP contribution in [-0.4, -0.2) is 48.3 Å². The number of likely N-dealkylation sites (N-methyl/N-ethyl adjacent to an activating group) is 1. The number of aliphatic imine (C=N–C) groups is 1. The third kappa shape index (κ3) is 5.74. The number of benzene rings is 2. The van der Waals surface area contributed by atoms with Gasteiger partial charge in [-0.1, -0.05) is 43.5 Å². The summed E-state index contributed by atoms with van der Waals surface area (Å²) in [6, 6.07) is 16.9. The van der Waals surface area contributed by atoms with E-state index in [1.165, 1.54) is 24.1 Å². The van der Waals surface area contributed by atoms with E-state index in [4.69, 9.17) is 4.98 Å². The number of hydrogen-bond acceptors (Lipinski definition) is 6. The molecule has 1 aliphatic rings. The molecule has 0 unspecified atom stereocenters. The van der Waals surface area contributed by atoms with E-state index in [0.29, 0.717) is 18.9 Å². The lowest BCUT2D eigenvalue weighted by Crippen LogP contribution is -2.31. The van der Waals surface area contributed by atoms with Gasteiger partial charge in [0.15, 0.2) is 5.82 Å². The molecule has 182 valence electrons. The molecule has 0 aliphatic carbocycles. The van der Waals surface area contributed by atoms with E-state index in [-0.39, 0.29) is 0 Å². The molecule has 2 heterocycles. The van der Waals surface area contributed by atoms with Crippen molar-refractivity contribution in [2.45, 2.75) is 25.8 Å². The summed E-state index contributed by atoms with van der Waals surface area (Å²) in [5.41, 5.74) is 6.12. The molecule has 0 saturated carbocycles.